The summed E-state index contributed by atoms with van der Waals surface area (Å²) in [6, 6.07) is 16.3. The van der Waals surface area contributed by atoms with Crippen LogP contribution in [0.15, 0.2) is 94.3 Å². The van der Waals surface area contributed by atoms with Crippen LogP contribution in [-0.4, -0.2) is 11.4 Å². The van der Waals surface area contributed by atoms with Crippen molar-refractivity contribution in [1.82, 2.24) is 0 Å². The van der Waals surface area contributed by atoms with Gasteiger partial charge in [-0.2, -0.15) is 0 Å². The summed E-state index contributed by atoms with van der Waals surface area (Å²) in [6.45, 7) is 10.7. The molecule has 0 aliphatic rings. The lowest BCUT2D eigenvalue weighted by molar-refractivity contribution is 0.269. The van der Waals surface area contributed by atoms with Crippen LogP contribution in [0.4, 0.5) is 0 Å². The Hall–Kier alpha value is -2.79. The molecule has 2 aromatic carbocycles. The van der Waals surface area contributed by atoms with Crippen LogP contribution < -0.4 is 0 Å². The Morgan fingerprint density at radius 3 is 1.44 bits per heavy atom. The summed E-state index contributed by atoms with van der Waals surface area (Å²) in [6.07, 6.45) is 2.60. The molecule has 25 heavy (non-hydrogen) atoms. The van der Waals surface area contributed by atoms with E-state index in [2.05, 4.69) is 47.7 Å². The van der Waals surface area contributed by atoms with E-state index < -0.39 is 0 Å². The number of rotatable bonds is 8. The van der Waals surface area contributed by atoms with Crippen molar-refractivity contribution in [3.63, 3.8) is 0 Å². The lowest BCUT2D eigenvalue weighted by Crippen LogP contribution is -1.95. The summed E-state index contributed by atoms with van der Waals surface area (Å²) < 4.78 is 0. The predicted octanol–water partition coefficient (Wildman–Crippen LogP) is 5.61. The molecular formula is C20H20N2O2S. The minimum Gasteiger partial charge on any atom is -0.365 e. The van der Waals surface area contributed by atoms with Crippen molar-refractivity contribution in [3.05, 3.63) is 85.3 Å². The lowest BCUT2D eigenvalue weighted by Gasteiger charge is -2.05. The standard InChI is InChI=1S/C20H20N2O2S/c1-5-23-21-15(3)17-7-11-19(12-8-17)25-20-13-9-18(10-14-20)16(4)22-24-6-2/h5-14H,1-2H2,3-4H3/b21-15+,22-16+. The number of oxime groups is 2. The van der Waals surface area contributed by atoms with E-state index in [1.165, 1.54) is 12.5 Å². The molecule has 0 fully saturated rings. The quantitative estimate of drug-likeness (QED) is 0.352. The number of hydrogen-bond donors (Lipinski definition) is 0. The highest BCUT2D eigenvalue weighted by Crippen LogP contribution is 2.28. The third-order valence-electron chi connectivity index (χ3n) is 3.31. The number of nitrogens with zero attached hydrogens (tertiary/aromatic N) is 2. The fraction of sp³-hybridized carbons (Fsp3) is 0.100. The second-order valence-corrected chi connectivity index (χ2v) is 6.20. The van der Waals surface area contributed by atoms with Crippen LogP contribution >= 0.6 is 11.8 Å². The molecule has 0 heterocycles. The van der Waals surface area contributed by atoms with Crippen LogP contribution in [-0.2, 0) is 9.68 Å². The van der Waals surface area contributed by atoms with Gasteiger partial charge in [0.1, 0.15) is 12.5 Å². The van der Waals surface area contributed by atoms with Crippen LogP contribution in [0.25, 0.3) is 0 Å². The fourth-order valence-electron chi connectivity index (χ4n) is 2.00. The SMILES string of the molecule is C=CO/N=C(\C)c1ccc(Sc2ccc(/C(C)=N/OC=C)cc2)cc1. The van der Waals surface area contributed by atoms with Crippen molar-refractivity contribution in [2.75, 3.05) is 0 Å². The van der Waals surface area contributed by atoms with Gasteiger partial charge in [0.25, 0.3) is 0 Å². The van der Waals surface area contributed by atoms with Gasteiger partial charge in [-0.25, -0.2) is 0 Å². The number of benzene rings is 2. The zero-order valence-electron chi connectivity index (χ0n) is 14.3. The number of hydrogen-bond acceptors (Lipinski definition) is 5. The second kappa shape index (κ2) is 9.49. The minimum absolute atomic E-state index is 0.803. The molecule has 0 unspecified atom stereocenters. The normalized spacial score (nSPS) is 11.8. The van der Waals surface area contributed by atoms with Crippen LogP contribution in [0.5, 0.6) is 0 Å². The van der Waals surface area contributed by atoms with Crippen molar-refractivity contribution in [2.45, 2.75) is 23.6 Å². The maximum absolute atomic E-state index is 4.85. The molecule has 0 bridgehead atoms. The molecule has 0 aliphatic carbocycles. The van der Waals surface area contributed by atoms with Crippen molar-refractivity contribution >= 4 is 23.2 Å². The van der Waals surface area contributed by atoms with E-state index in [1.54, 1.807) is 11.8 Å². The van der Waals surface area contributed by atoms with Crippen molar-refractivity contribution in [3.8, 4) is 0 Å². The van der Waals surface area contributed by atoms with E-state index in [4.69, 9.17) is 9.68 Å². The third-order valence-corrected chi connectivity index (χ3v) is 4.32. The molecule has 0 atom stereocenters. The van der Waals surface area contributed by atoms with Gasteiger partial charge in [0.15, 0.2) is 0 Å². The summed E-state index contributed by atoms with van der Waals surface area (Å²) >= 11 is 1.69. The molecule has 4 nitrogen and oxygen atoms in total. The molecule has 0 aromatic heterocycles. The Bertz CT molecular complexity index is 711. The molecule has 2 rings (SSSR count). The highest BCUT2D eigenvalue weighted by Gasteiger charge is 2.03. The molecule has 0 saturated heterocycles. The van der Waals surface area contributed by atoms with E-state index in [-0.39, 0.29) is 0 Å². The van der Waals surface area contributed by atoms with Gasteiger partial charge in [-0.1, -0.05) is 59.5 Å². The Balaban J connectivity index is 2.05. The van der Waals surface area contributed by atoms with Gasteiger partial charge >= 0.3 is 0 Å². The monoisotopic (exact) mass is 352 g/mol. The molecule has 2 aromatic rings. The topological polar surface area (TPSA) is 43.2 Å². The first-order valence-corrected chi connectivity index (χ1v) is 8.47. The van der Waals surface area contributed by atoms with Crippen LogP contribution in [0.3, 0.4) is 0 Å². The smallest absolute Gasteiger partial charge is 0.114 e. The molecular weight excluding hydrogens is 332 g/mol. The Morgan fingerprint density at radius 2 is 1.12 bits per heavy atom. The molecule has 128 valence electrons. The second-order valence-electron chi connectivity index (χ2n) is 5.05. The average molecular weight is 352 g/mol. The van der Waals surface area contributed by atoms with E-state index in [0.29, 0.717) is 0 Å². The maximum Gasteiger partial charge on any atom is 0.114 e. The van der Waals surface area contributed by atoms with E-state index in [9.17, 15) is 0 Å². The molecule has 0 N–H and O–H groups in total. The predicted molar refractivity (Wildman–Crippen MR) is 104 cm³/mol. The molecule has 0 spiro atoms. The third kappa shape index (κ3) is 5.65. The average Bonchev–Trinajstić information content (AvgIpc) is 2.65. The summed E-state index contributed by atoms with van der Waals surface area (Å²) in [5.74, 6) is 0. The van der Waals surface area contributed by atoms with Crippen LogP contribution in [0.2, 0.25) is 0 Å². The summed E-state index contributed by atoms with van der Waals surface area (Å²) in [7, 11) is 0. The Labute approximate surface area is 152 Å². The summed E-state index contributed by atoms with van der Waals surface area (Å²) in [5.41, 5.74) is 3.63. The van der Waals surface area contributed by atoms with Crippen LogP contribution in [0.1, 0.15) is 25.0 Å². The Morgan fingerprint density at radius 1 is 0.760 bits per heavy atom. The molecule has 0 amide bonds. The van der Waals surface area contributed by atoms with Gasteiger partial charge in [0.05, 0.1) is 11.4 Å². The molecule has 0 saturated carbocycles. The molecule has 0 radical (unpaired) electrons. The van der Waals surface area contributed by atoms with Gasteiger partial charge in [-0.05, 0) is 49.2 Å². The van der Waals surface area contributed by atoms with E-state index in [1.807, 2.05) is 38.1 Å². The maximum atomic E-state index is 4.85. The fourth-order valence-corrected chi connectivity index (χ4v) is 2.82. The summed E-state index contributed by atoms with van der Waals surface area (Å²) in [5, 5.41) is 7.88. The molecule has 0 aliphatic heterocycles. The van der Waals surface area contributed by atoms with Crippen molar-refractivity contribution < 1.29 is 9.68 Å². The van der Waals surface area contributed by atoms with Gasteiger partial charge < -0.3 is 9.68 Å². The largest absolute Gasteiger partial charge is 0.365 e. The molecule has 5 heteroatoms. The van der Waals surface area contributed by atoms with Gasteiger partial charge in [-0.15, -0.1) is 0 Å². The van der Waals surface area contributed by atoms with Crippen molar-refractivity contribution in [2.24, 2.45) is 10.3 Å². The van der Waals surface area contributed by atoms with Crippen molar-refractivity contribution in [1.29, 1.82) is 0 Å². The van der Waals surface area contributed by atoms with E-state index in [0.717, 1.165) is 32.3 Å². The van der Waals surface area contributed by atoms with Gasteiger partial charge in [0, 0.05) is 9.79 Å². The lowest BCUT2D eigenvalue weighted by atomic mass is 10.1. The first-order chi connectivity index (χ1) is 12.1. The summed E-state index contributed by atoms with van der Waals surface area (Å²) in [4.78, 5) is 12.0. The minimum atomic E-state index is 0.803. The highest BCUT2D eigenvalue weighted by atomic mass is 32.2. The van der Waals surface area contributed by atoms with Gasteiger partial charge in [0.2, 0.25) is 0 Å². The van der Waals surface area contributed by atoms with Gasteiger partial charge in [-0.3, -0.25) is 0 Å². The zero-order chi connectivity index (χ0) is 18.1. The first-order valence-electron chi connectivity index (χ1n) is 7.65. The Kier molecular flexibility index (Phi) is 7.04. The zero-order valence-corrected chi connectivity index (χ0v) is 15.1. The van der Waals surface area contributed by atoms with Crippen LogP contribution in [0, 0.1) is 0 Å². The highest BCUT2D eigenvalue weighted by molar-refractivity contribution is 7.99. The first kappa shape index (κ1) is 18.5. The van der Waals surface area contributed by atoms with E-state index >= 15 is 0 Å².